The molecule has 3 aliphatic rings. The van der Waals surface area contributed by atoms with Gasteiger partial charge < -0.3 is 4.90 Å². The van der Waals surface area contributed by atoms with Crippen LogP contribution in [0.25, 0.3) is 0 Å². The molecule has 1 saturated heterocycles. The standard InChI is InChI=1S/C21H33N5O5S2/c1-23(18-5-3-2-4-6-18)33(30,31)25-13-11-24(12-14-25)16-21(27)26-10-9-17-15-19(32(22,28)29)7-8-20(17)26/h7-8,15,18H,2-6,9-14,16H2,1H3,(H2,22,28,29). The fraction of sp³-hybridized carbons (Fsp3) is 0.667. The molecule has 2 fully saturated rings. The quantitative estimate of drug-likeness (QED) is 0.602. The van der Waals surface area contributed by atoms with Crippen molar-refractivity contribution in [2.75, 3.05) is 51.2 Å². The van der Waals surface area contributed by atoms with Crippen LogP contribution in [-0.2, 0) is 31.4 Å². The fourth-order valence-corrected chi connectivity index (χ4v) is 7.17. The summed E-state index contributed by atoms with van der Waals surface area (Å²) in [6.45, 7) is 2.40. The van der Waals surface area contributed by atoms with Gasteiger partial charge in [0, 0.05) is 51.5 Å². The number of primary sulfonamides is 1. The Morgan fingerprint density at radius 3 is 2.33 bits per heavy atom. The first kappa shape index (κ1) is 24.6. The molecule has 2 N–H and O–H groups in total. The van der Waals surface area contributed by atoms with Gasteiger partial charge in [0.15, 0.2) is 0 Å². The van der Waals surface area contributed by atoms with Crippen molar-refractivity contribution in [2.45, 2.75) is 49.5 Å². The molecule has 12 heteroatoms. The second-order valence-electron chi connectivity index (χ2n) is 9.12. The number of sulfonamides is 1. The van der Waals surface area contributed by atoms with Gasteiger partial charge in [-0.15, -0.1) is 0 Å². The average Bonchev–Trinajstić information content (AvgIpc) is 3.22. The normalized spacial score (nSPS) is 21.5. The molecule has 10 nitrogen and oxygen atoms in total. The third kappa shape index (κ3) is 5.25. The number of hydrogen-bond acceptors (Lipinski definition) is 6. The van der Waals surface area contributed by atoms with Crippen LogP contribution in [0.2, 0.25) is 0 Å². The summed E-state index contributed by atoms with van der Waals surface area (Å²) in [7, 11) is -5.60. The lowest BCUT2D eigenvalue weighted by molar-refractivity contribution is -0.119. The van der Waals surface area contributed by atoms with E-state index in [1.54, 1.807) is 22.3 Å². The number of fused-ring (bicyclic) bond motifs is 1. The van der Waals surface area contributed by atoms with E-state index in [-0.39, 0.29) is 23.4 Å². The summed E-state index contributed by atoms with van der Waals surface area (Å²) in [6.07, 6.45) is 5.73. The smallest absolute Gasteiger partial charge is 0.282 e. The van der Waals surface area contributed by atoms with Gasteiger partial charge in [0.2, 0.25) is 15.9 Å². The van der Waals surface area contributed by atoms with E-state index in [0.717, 1.165) is 31.2 Å². The fourth-order valence-electron chi connectivity index (χ4n) is 5.02. The molecule has 33 heavy (non-hydrogen) atoms. The van der Waals surface area contributed by atoms with Gasteiger partial charge >= 0.3 is 0 Å². The maximum Gasteiger partial charge on any atom is 0.282 e. The summed E-state index contributed by atoms with van der Waals surface area (Å²) in [6, 6.07) is 4.66. The molecule has 1 aromatic rings. The number of benzene rings is 1. The van der Waals surface area contributed by atoms with E-state index in [9.17, 15) is 21.6 Å². The molecule has 0 bridgehead atoms. The van der Waals surface area contributed by atoms with Crippen LogP contribution >= 0.6 is 0 Å². The Bertz CT molecular complexity index is 1090. The SMILES string of the molecule is CN(C1CCCCC1)S(=O)(=O)N1CCN(CC(=O)N2CCc3cc(S(N)(=O)=O)ccc32)CC1. The second kappa shape index (κ2) is 9.59. The summed E-state index contributed by atoms with van der Waals surface area (Å²) in [5.41, 5.74) is 1.50. The molecule has 0 atom stereocenters. The van der Waals surface area contributed by atoms with E-state index in [4.69, 9.17) is 5.14 Å². The van der Waals surface area contributed by atoms with Crippen molar-refractivity contribution in [1.82, 2.24) is 13.5 Å². The third-order valence-electron chi connectivity index (χ3n) is 7.05. The Morgan fingerprint density at radius 1 is 1.03 bits per heavy atom. The van der Waals surface area contributed by atoms with Crippen LogP contribution in [0, 0.1) is 0 Å². The molecule has 1 amide bonds. The first-order valence-corrected chi connectivity index (χ1v) is 14.4. The lowest BCUT2D eigenvalue weighted by atomic mass is 9.96. The summed E-state index contributed by atoms with van der Waals surface area (Å²) in [5.74, 6) is -0.0762. The molecular weight excluding hydrogens is 466 g/mol. The van der Waals surface area contributed by atoms with Crippen LogP contribution < -0.4 is 10.0 Å². The van der Waals surface area contributed by atoms with Crippen molar-refractivity contribution >= 4 is 31.8 Å². The maximum absolute atomic E-state index is 13.1. The summed E-state index contributed by atoms with van der Waals surface area (Å²) in [5, 5.41) is 5.21. The zero-order valence-electron chi connectivity index (χ0n) is 19.0. The van der Waals surface area contributed by atoms with Crippen LogP contribution in [0.3, 0.4) is 0 Å². The number of carbonyl (C=O) groups is 1. The molecular formula is C21H33N5O5S2. The Morgan fingerprint density at radius 2 is 1.70 bits per heavy atom. The number of anilines is 1. The highest BCUT2D eigenvalue weighted by Crippen LogP contribution is 2.30. The van der Waals surface area contributed by atoms with Gasteiger partial charge in [-0.1, -0.05) is 19.3 Å². The van der Waals surface area contributed by atoms with Gasteiger partial charge in [-0.25, -0.2) is 13.6 Å². The van der Waals surface area contributed by atoms with Crippen LogP contribution in [-0.4, -0.2) is 88.6 Å². The Hall–Kier alpha value is -1.57. The van der Waals surface area contributed by atoms with Crippen LogP contribution in [0.15, 0.2) is 23.1 Å². The maximum atomic E-state index is 13.1. The van der Waals surface area contributed by atoms with Gasteiger partial charge in [-0.05, 0) is 43.0 Å². The number of rotatable bonds is 6. The minimum Gasteiger partial charge on any atom is -0.311 e. The molecule has 0 spiro atoms. The zero-order chi connectivity index (χ0) is 23.8. The topological polar surface area (TPSA) is 124 Å². The molecule has 184 valence electrons. The number of nitrogens with zero attached hydrogens (tertiary/aromatic N) is 4. The van der Waals surface area contributed by atoms with Gasteiger partial charge in [0.25, 0.3) is 10.2 Å². The van der Waals surface area contributed by atoms with Crippen molar-refractivity contribution in [3.63, 3.8) is 0 Å². The second-order valence-corrected chi connectivity index (χ2v) is 12.7. The summed E-state index contributed by atoms with van der Waals surface area (Å²) in [4.78, 5) is 16.6. The number of hydrogen-bond donors (Lipinski definition) is 1. The molecule has 4 rings (SSSR count). The first-order chi connectivity index (χ1) is 15.6. The molecule has 2 aliphatic heterocycles. The largest absolute Gasteiger partial charge is 0.311 e. The summed E-state index contributed by atoms with van der Waals surface area (Å²) < 4.78 is 52.4. The Kier molecular flexibility index (Phi) is 7.13. The molecule has 0 radical (unpaired) electrons. The predicted molar refractivity (Wildman–Crippen MR) is 125 cm³/mol. The van der Waals surface area contributed by atoms with Gasteiger partial charge in [-0.2, -0.15) is 17.0 Å². The monoisotopic (exact) mass is 499 g/mol. The average molecular weight is 500 g/mol. The van der Waals surface area contributed by atoms with Gasteiger partial charge in [-0.3, -0.25) is 9.69 Å². The molecule has 1 aliphatic carbocycles. The van der Waals surface area contributed by atoms with Crippen molar-refractivity contribution in [2.24, 2.45) is 5.14 Å². The first-order valence-electron chi connectivity index (χ1n) is 11.5. The number of amides is 1. The van der Waals surface area contributed by atoms with Crippen molar-refractivity contribution in [3.8, 4) is 0 Å². The van der Waals surface area contributed by atoms with Crippen LogP contribution in [0.5, 0.6) is 0 Å². The highest BCUT2D eigenvalue weighted by Gasteiger charge is 2.35. The van der Waals surface area contributed by atoms with E-state index in [0.29, 0.717) is 44.8 Å². The molecule has 1 aromatic carbocycles. The Labute approximate surface area is 196 Å². The van der Waals surface area contributed by atoms with E-state index in [1.807, 2.05) is 4.90 Å². The third-order valence-corrected chi connectivity index (χ3v) is 10.0. The van der Waals surface area contributed by atoms with Gasteiger partial charge in [0.05, 0.1) is 11.4 Å². The lowest BCUT2D eigenvalue weighted by Crippen LogP contribution is -2.55. The lowest BCUT2D eigenvalue weighted by Gasteiger charge is -2.38. The van der Waals surface area contributed by atoms with Crippen LogP contribution in [0.4, 0.5) is 5.69 Å². The molecule has 2 heterocycles. The van der Waals surface area contributed by atoms with Crippen molar-refractivity contribution in [3.05, 3.63) is 23.8 Å². The van der Waals surface area contributed by atoms with Crippen LogP contribution in [0.1, 0.15) is 37.7 Å². The molecule has 0 unspecified atom stereocenters. The number of nitrogens with two attached hydrogens (primary N) is 1. The van der Waals surface area contributed by atoms with E-state index in [2.05, 4.69) is 0 Å². The minimum absolute atomic E-state index is 0.0473. The molecule has 0 aromatic heterocycles. The minimum atomic E-state index is -3.78. The van der Waals surface area contributed by atoms with Gasteiger partial charge in [0.1, 0.15) is 0 Å². The predicted octanol–water partition coefficient (Wildman–Crippen LogP) is 0.350. The molecule has 1 saturated carbocycles. The van der Waals surface area contributed by atoms with E-state index in [1.165, 1.54) is 22.9 Å². The Balaban J connectivity index is 1.33. The highest BCUT2D eigenvalue weighted by molar-refractivity contribution is 7.89. The van der Waals surface area contributed by atoms with Crippen molar-refractivity contribution < 1.29 is 21.6 Å². The van der Waals surface area contributed by atoms with E-state index < -0.39 is 20.2 Å². The van der Waals surface area contributed by atoms with E-state index >= 15 is 0 Å². The summed E-state index contributed by atoms with van der Waals surface area (Å²) >= 11 is 0. The highest BCUT2D eigenvalue weighted by atomic mass is 32.2. The number of carbonyl (C=O) groups excluding carboxylic acids is 1. The number of piperazine rings is 1. The zero-order valence-corrected chi connectivity index (χ0v) is 20.7. The van der Waals surface area contributed by atoms with Crippen molar-refractivity contribution in [1.29, 1.82) is 0 Å².